The van der Waals surface area contributed by atoms with E-state index in [4.69, 9.17) is 5.11 Å². The van der Waals surface area contributed by atoms with Gasteiger partial charge in [-0.1, -0.05) is 34.3 Å². The highest BCUT2D eigenvalue weighted by atomic mass is 19.2. The molecule has 2 heterocycles. The lowest BCUT2D eigenvalue weighted by Crippen LogP contribution is -2.31. The van der Waals surface area contributed by atoms with Crippen molar-refractivity contribution in [1.29, 1.82) is 0 Å². The summed E-state index contributed by atoms with van der Waals surface area (Å²) in [5.74, 6) is 0.257. The number of aliphatic imine (C=N–C) groups is 1. The molecule has 0 aliphatic carbocycles. The number of aliphatic hydroxyl groups is 1. The number of hydrogen-bond acceptors (Lipinski definition) is 5. The number of hydrogen-bond donors (Lipinski definition) is 2. The second-order valence-corrected chi connectivity index (χ2v) is 6.11. The number of allylic oxidation sites excluding steroid dienone is 3. The fraction of sp³-hybridized carbons (Fsp3) is 0.200. The van der Waals surface area contributed by atoms with Crippen LogP contribution in [0.1, 0.15) is 19.4 Å². The fourth-order valence-electron chi connectivity index (χ4n) is 2.85. The summed E-state index contributed by atoms with van der Waals surface area (Å²) >= 11 is 0. The van der Waals surface area contributed by atoms with Crippen molar-refractivity contribution in [3.63, 3.8) is 0 Å². The second-order valence-electron chi connectivity index (χ2n) is 6.11. The predicted octanol–water partition coefficient (Wildman–Crippen LogP) is 4.02. The van der Waals surface area contributed by atoms with Gasteiger partial charge in [0.1, 0.15) is 0 Å². The van der Waals surface area contributed by atoms with Crippen LogP contribution in [0.4, 0.5) is 4.48 Å². The van der Waals surface area contributed by atoms with E-state index in [1.807, 2.05) is 30.3 Å². The van der Waals surface area contributed by atoms with Crippen molar-refractivity contribution < 1.29 is 9.59 Å². The van der Waals surface area contributed by atoms with Crippen LogP contribution in [0.3, 0.4) is 0 Å². The van der Waals surface area contributed by atoms with Crippen LogP contribution in [-0.4, -0.2) is 34.0 Å². The molecule has 0 saturated carbocycles. The standard InChI is InChI=1S/C20H21FN4O/c1-14(6-5-11-26)13-25(21)20-15(2)23-12-19(24-20)17-7-3-9-18-16(17)8-4-10-22-18/h3-11,23,26H,12-13H2,1-2H3/b11-5-,14-6+. The second kappa shape index (κ2) is 7.82. The molecular weight excluding hydrogens is 331 g/mol. The first-order valence-electron chi connectivity index (χ1n) is 8.36. The van der Waals surface area contributed by atoms with Gasteiger partial charge in [-0.15, -0.1) is 0 Å². The highest BCUT2D eigenvalue weighted by Gasteiger charge is 2.20. The first kappa shape index (κ1) is 17.7. The van der Waals surface area contributed by atoms with Gasteiger partial charge in [-0.05, 0) is 32.1 Å². The van der Waals surface area contributed by atoms with Crippen molar-refractivity contribution in [1.82, 2.24) is 15.4 Å². The molecule has 0 atom stereocenters. The van der Waals surface area contributed by atoms with Crippen LogP contribution in [0.2, 0.25) is 0 Å². The first-order chi connectivity index (χ1) is 12.6. The minimum atomic E-state index is 0.0621. The maximum Gasteiger partial charge on any atom is 0.176 e. The Labute approximate surface area is 151 Å². The van der Waals surface area contributed by atoms with E-state index in [1.54, 1.807) is 26.1 Å². The zero-order valence-corrected chi connectivity index (χ0v) is 14.8. The van der Waals surface area contributed by atoms with Crippen LogP contribution in [-0.2, 0) is 0 Å². The minimum Gasteiger partial charge on any atom is -0.516 e. The summed E-state index contributed by atoms with van der Waals surface area (Å²) in [6, 6.07) is 9.73. The van der Waals surface area contributed by atoms with Gasteiger partial charge >= 0.3 is 0 Å². The first-order valence-corrected chi connectivity index (χ1v) is 8.36. The molecular formula is C20H21FN4O. The number of pyridine rings is 1. The molecule has 0 spiro atoms. The zero-order chi connectivity index (χ0) is 18.5. The largest absolute Gasteiger partial charge is 0.516 e. The molecule has 134 valence electrons. The maximum absolute atomic E-state index is 14.7. The van der Waals surface area contributed by atoms with E-state index >= 15 is 0 Å². The summed E-state index contributed by atoms with van der Waals surface area (Å²) in [5, 5.41) is 13.5. The van der Waals surface area contributed by atoms with Crippen LogP contribution in [0, 0.1) is 0 Å². The van der Waals surface area contributed by atoms with E-state index in [2.05, 4.69) is 15.3 Å². The van der Waals surface area contributed by atoms with Gasteiger partial charge in [0, 0.05) is 17.1 Å². The Morgan fingerprint density at radius 2 is 2.19 bits per heavy atom. The van der Waals surface area contributed by atoms with Crippen molar-refractivity contribution in [3.05, 3.63) is 77.6 Å². The number of nitrogens with zero attached hydrogens (tertiary/aromatic N) is 3. The predicted molar refractivity (Wildman–Crippen MR) is 102 cm³/mol. The Bertz CT molecular complexity index is 925. The smallest absolute Gasteiger partial charge is 0.176 e. The van der Waals surface area contributed by atoms with Gasteiger partial charge < -0.3 is 10.4 Å². The number of aromatic nitrogens is 1. The van der Waals surface area contributed by atoms with Crippen molar-refractivity contribution >= 4 is 16.6 Å². The Balaban J connectivity index is 1.94. The van der Waals surface area contributed by atoms with Gasteiger partial charge in [0.2, 0.25) is 0 Å². The topological polar surface area (TPSA) is 60.8 Å². The third-order valence-electron chi connectivity index (χ3n) is 4.14. The van der Waals surface area contributed by atoms with Gasteiger partial charge in [-0.25, -0.2) is 4.99 Å². The lowest BCUT2D eigenvalue weighted by Gasteiger charge is -2.24. The normalized spacial score (nSPS) is 15.3. The van der Waals surface area contributed by atoms with E-state index < -0.39 is 0 Å². The molecule has 0 amide bonds. The van der Waals surface area contributed by atoms with Crippen LogP contribution in [0.15, 0.2) is 77.0 Å². The van der Waals surface area contributed by atoms with Crippen LogP contribution in [0.5, 0.6) is 0 Å². The molecule has 0 fully saturated rings. The van der Waals surface area contributed by atoms with E-state index in [-0.39, 0.29) is 12.4 Å². The number of benzene rings is 1. The summed E-state index contributed by atoms with van der Waals surface area (Å²) < 4.78 is 14.7. The molecule has 0 saturated heterocycles. The molecule has 1 aromatic heterocycles. The van der Waals surface area contributed by atoms with Crippen molar-refractivity contribution in [2.24, 2.45) is 4.99 Å². The van der Waals surface area contributed by atoms with Crippen molar-refractivity contribution in [3.8, 4) is 0 Å². The molecule has 0 radical (unpaired) electrons. The van der Waals surface area contributed by atoms with Crippen molar-refractivity contribution in [2.75, 3.05) is 13.1 Å². The molecule has 1 aliphatic rings. The average Bonchev–Trinajstić information content (AvgIpc) is 2.66. The van der Waals surface area contributed by atoms with Crippen molar-refractivity contribution in [2.45, 2.75) is 13.8 Å². The summed E-state index contributed by atoms with van der Waals surface area (Å²) in [5.41, 5.74) is 4.03. The minimum absolute atomic E-state index is 0.0621. The van der Waals surface area contributed by atoms with Gasteiger partial charge in [-0.2, -0.15) is 5.12 Å². The molecule has 1 aliphatic heterocycles. The molecule has 3 rings (SSSR count). The highest BCUT2D eigenvalue weighted by molar-refractivity contribution is 6.12. The molecule has 5 nitrogen and oxygen atoms in total. The quantitative estimate of drug-likeness (QED) is 0.485. The Morgan fingerprint density at radius 3 is 3.00 bits per heavy atom. The fourth-order valence-corrected chi connectivity index (χ4v) is 2.85. The molecule has 2 aromatic rings. The zero-order valence-electron chi connectivity index (χ0n) is 14.8. The van der Waals surface area contributed by atoms with Gasteiger partial charge in [0.15, 0.2) is 5.82 Å². The van der Waals surface area contributed by atoms with Crippen LogP contribution >= 0.6 is 0 Å². The molecule has 6 heteroatoms. The highest BCUT2D eigenvalue weighted by Crippen LogP contribution is 2.22. The number of nitrogens with one attached hydrogen (secondary N) is 1. The lowest BCUT2D eigenvalue weighted by molar-refractivity contribution is 0.0785. The summed E-state index contributed by atoms with van der Waals surface area (Å²) in [6.07, 6.45) is 5.78. The Morgan fingerprint density at radius 1 is 1.35 bits per heavy atom. The lowest BCUT2D eigenvalue weighted by atomic mass is 10.0. The molecule has 26 heavy (non-hydrogen) atoms. The number of aliphatic hydroxyl groups excluding tert-OH is 1. The number of rotatable bonds is 5. The Hall–Kier alpha value is -3.15. The van der Waals surface area contributed by atoms with Crippen LogP contribution in [0.25, 0.3) is 10.9 Å². The summed E-state index contributed by atoms with van der Waals surface area (Å²) in [4.78, 5) is 8.95. The monoisotopic (exact) mass is 352 g/mol. The molecule has 0 unspecified atom stereocenters. The number of halogens is 1. The summed E-state index contributed by atoms with van der Waals surface area (Å²) in [6.45, 7) is 4.19. The average molecular weight is 352 g/mol. The van der Waals surface area contributed by atoms with Gasteiger partial charge in [-0.3, -0.25) is 4.98 Å². The van der Waals surface area contributed by atoms with E-state index in [1.165, 1.54) is 6.08 Å². The Kier molecular flexibility index (Phi) is 5.31. The maximum atomic E-state index is 14.7. The number of fused-ring (bicyclic) bond motifs is 1. The van der Waals surface area contributed by atoms with Gasteiger partial charge in [0.05, 0.1) is 36.3 Å². The van der Waals surface area contributed by atoms with E-state index in [0.717, 1.165) is 34.0 Å². The van der Waals surface area contributed by atoms with E-state index in [0.29, 0.717) is 17.4 Å². The molecule has 1 aromatic carbocycles. The summed E-state index contributed by atoms with van der Waals surface area (Å²) in [7, 11) is 0. The third kappa shape index (κ3) is 3.74. The molecule has 0 bridgehead atoms. The van der Waals surface area contributed by atoms with Crippen LogP contribution < -0.4 is 5.32 Å². The molecule has 2 N–H and O–H groups in total. The third-order valence-corrected chi connectivity index (χ3v) is 4.14. The van der Waals surface area contributed by atoms with E-state index in [9.17, 15) is 4.48 Å². The van der Waals surface area contributed by atoms with Gasteiger partial charge in [0.25, 0.3) is 0 Å². The SMILES string of the molecule is CC1=C(N(F)C/C(C)=C/C=C\O)N=C(c2cccc3ncccc23)CN1.